The van der Waals surface area contributed by atoms with Gasteiger partial charge in [-0.05, 0) is 116 Å². The van der Waals surface area contributed by atoms with Gasteiger partial charge in [0.25, 0.3) is 0 Å². The van der Waals surface area contributed by atoms with Gasteiger partial charge >= 0.3 is 5.97 Å². The van der Waals surface area contributed by atoms with E-state index in [4.69, 9.17) is 9.47 Å². The zero-order valence-electron chi connectivity index (χ0n) is 37.7. The summed E-state index contributed by atoms with van der Waals surface area (Å²) in [7, 11) is 0. The van der Waals surface area contributed by atoms with Gasteiger partial charge in [-0.1, -0.05) is 192 Å². The Balaban J connectivity index is 3.62. The van der Waals surface area contributed by atoms with Crippen LogP contribution in [0, 0.1) is 0 Å². The molecule has 0 fully saturated rings. The van der Waals surface area contributed by atoms with Crippen LogP contribution < -0.4 is 0 Å². The van der Waals surface area contributed by atoms with Crippen molar-refractivity contribution >= 4 is 5.97 Å². The summed E-state index contributed by atoms with van der Waals surface area (Å²) in [5.41, 5.74) is 0. The molecule has 0 saturated carbocycles. The smallest absolute Gasteiger partial charge is 0.306 e. The number of hydrogen-bond acceptors (Lipinski definition) is 4. The van der Waals surface area contributed by atoms with Crippen LogP contribution >= 0.6 is 0 Å². The fourth-order valence-corrected chi connectivity index (χ4v) is 5.74. The first kappa shape index (κ1) is 55.3. The first-order valence-corrected chi connectivity index (χ1v) is 23.4. The molecule has 0 heterocycles. The van der Waals surface area contributed by atoms with Crippen LogP contribution in [0.15, 0.2) is 146 Å². The molecule has 1 unspecified atom stereocenters. The average molecular weight is 811 g/mol. The fraction of sp³-hybridized carbons (Fsp3) is 0.545. The van der Waals surface area contributed by atoms with E-state index in [-0.39, 0.29) is 19.2 Å². The number of carbonyl (C=O) groups is 1. The van der Waals surface area contributed by atoms with Crippen molar-refractivity contribution in [2.75, 3.05) is 19.8 Å². The number of hydrogen-bond donors (Lipinski definition) is 1. The maximum absolute atomic E-state index is 12.2. The van der Waals surface area contributed by atoms with Crippen molar-refractivity contribution in [2.45, 2.75) is 174 Å². The number of unbranched alkanes of at least 4 members (excludes halogenated alkanes) is 9. The highest BCUT2D eigenvalue weighted by Gasteiger charge is 2.13. The minimum absolute atomic E-state index is 0.202. The van der Waals surface area contributed by atoms with Gasteiger partial charge < -0.3 is 14.6 Å². The molecule has 59 heavy (non-hydrogen) atoms. The van der Waals surface area contributed by atoms with Crippen LogP contribution in [0.1, 0.15) is 168 Å². The van der Waals surface area contributed by atoms with E-state index >= 15 is 0 Å². The molecule has 0 aliphatic rings. The van der Waals surface area contributed by atoms with Crippen molar-refractivity contribution in [1.29, 1.82) is 0 Å². The predicted molar refractivity (Wildman–Crippen MR) is 260 cm³/mol. The molecule has 0 aliphatic carbocycles. The third kappa shape index (κ3) is 48.5. The van der Waals surface area contributed by atoms with Crippen molar-refractivity contribution in [1.82, 2.24) is 0 Å². The number of carbonyl (C=O) groups excluding carboxylic acids is 1. The summed E-state index contributed by atoms with van der Waals surface area (Å²) in [6.07, 6.45) is 77.7. The highest BCUT2D eigenvalue weighted by Crippen LogP contribution is 2.10. The van der Waals surface area contributed by atoms with Crippen LogP contribution in [0.5, 0.6) is 0 Å². The highest BCUT2D eigenvalue weighted by atomic mass is 16.6. The van der Waals surface area contributed by atoms with Crippen LogP contribution in [0.25, 0.3) is 0 Å². The first-order chi connectivity index (χ1) is 29.2. The van der Waals surface area contributed by atoms with Gasteiger partial charge in [0, 0.05) is 13.0 Å². The van der Waals surface area contributed by atoms with Gasteiger partial charge in [-0.25, -0.2) is 0 Å². The van der Waals surface area contributed by atoms with Crippen LogP contribution in [0.4, 0.5) is 0 Å². The third-order valence-electron chi connectivity index (χ3n) is 9.16. The van der Waals surface area contributed by atoms with Crippen LogP contribution in [-0.2, 0) is 14.3 Å². The van der Waals surface area contributed by atoms with Gasteiger partial charge in [-0.2, -0.15) is 0 Å². The normalized spacial score (nSPS) is 13.7. The van der Waals surface area contributed by atoms with Crippen molar-refractivity contribution in [3.05, 3.63) is 146 Å². The lowest BCUT2D eigenvalue weighted by atomic mass is 10.1. The number of esters is 1. The monoisotopic (exact) mass is 811 g/mol. The van der Waals surface area contributed by atoms with Gasteiger partial charge in [0.1, 0.15) is 6.10 Å². The lowest BCUT2D eigenvalue weighted by Crippen LogP contribution is -2.27. The molecule has 0 aliphatic heterocycles. The molecule has 0 radical (unpaired) electrons. The van der Waals surface area contributed by atoms with E-state index in [1.165, 1.54) is 19.3 Å². The molecule has 0 aromatic heterocycles. The molecule has 4 nitrogen and oxygen atoms in total. The van der Waals surface area contributed by atoms with Gasteiger partial charge in [0.2, 0.25) is 0 Å². The Kier molecular flexibility index (Phi) is 47.2. The van der Waals surface area contributed by atoms with Crippen molar-refractivity contribution in [3.8, 4) is 0 Å². The molecule has 1 N–H and O–H groups in total. The number of aliphatic hydroxyl groups excluding tert-OH is 1. The third-order valence-corrected chi connectivity index (χ3v) is 9.16. The van der Waals surface area contributed by atoms with E-state index < -0.39 is 6.10 Å². The molecule has 0 aromatic rings. The molecule has 0 saturated heterocycles. The summed E-state index contributed by atoms with van der Waals surface area (Å²) < 4.78 is 11.2. The quantitative estimate of drug-likeness (QED) is 0.0380. The minimum atomic E-state index is -0.572. The van der Waals surface area contributed by atoms with Crippen LogP contribution in [0.3, 0.4) is 0 Å². The lowest BCUT2D eigenvalue weighted by Gasteiger charge is -2.15. The molecule has 0 aromatic carbocycles. The van der Waals surface area contributed by atoms with Gasteiger partial charge in [0.05, 0.1) is 13.2 Å². The molecule has 0 amide bonds. The molecular formula is C55H86O4. The second-order valence-electron chi connectivity index (χ2n) is 14.7. The standard InChI is InChI=1S/C55H86O4/c1-3-5-7-9-11-13-15-17-19-21-23-25-27-29-31-33-35-37-39-41-43-45-47-49-51-58-53-54(52-56)59-55(57)50-48-46-44-42-40-38-36-34-32-30-28-26-24-22-20-18-16-14-12-10-8-6-4-2/h5-8,11-14,17-20,23-26,29-32,35-38,54,56H,3-4,9-10,15-16,21-22,27-28,33-34,39-53H2,1-2H3/b7-5-,8-6-,13-11-,14-12-,19-17-,20-18-,25-23-,26-24-,31-29-,32-30-,37-35-,38-36-. The number of rotatable bonds is 41. The summed E-state index contributed by atoms with van der Waals surface area (Å²) in [5, 5.41) is 9.63. The van der Waals surface area contributed by atoms with Crippen LogP contribution in [0.2, 0.25) is 0 Å². The maximum Gasteiger partial charge on any atom is 0.306 e. The second kappa shape index (κ2) is 50.4. The molecular weight excluding hydrogens is 725 g/mol. The zero-order chi connectivity index (χ0) is 42.6. The van der Waals surface area contributed by atoms with Crippen molar-refractivity contribution in [3.63, 3.8) is 0 Å². The van der Waals surface area contributed by atoms with Gasteiger partial charge in [-0.3, -0.25) is 4.79 Å². The van der Waals surface area contributed by atoms with E-state index in [0.717, 1.165) is 128 Å². The Morgan fingerprint density at radius 3 is 1.07 bits per heavy atom. The Bertz CT molecular complexity index is 1270. The van der Waals surface area contributed by atoms with Crippen molar-refractivity contribution in [2.24, 2.45) is 0 Å². The second-order valence-corrected chi connectivity index (χ2v) is 14.7. The Morgan fingerprint density at radius 1 is 0.407 bits per heavy atom. The minimum Gasteiger partial charge on any atom is -0.457 e. The summed E-state index contributed by atoms with van der Waals surface area (Å²) >= 11 is 0. The molecule has 1 atom stereocenters. The predicted octanol–water partition coefficient (Wildman–Crippen LogP) is 16.0. The zero-order valence-corrected chi connectivity index (χ0v) is 37.7. The highest BCUT2D eigenvalue weighted by molar-refractivity contribution is 5.69. The molecule has 0 bridgehead atoms. The molecule has 0 rings (SSSR count). The summed E-state index contributed by atoms with van der Waals surface area (Å²) in [4.78, 5) is 12.2. The number of aliphatic hydroxyl groups is 1. The van der Waals surface area contributed by atoms with Gasteiger partial charge in [-0.15, -0.1) is 0 Å². The van der Waals surface area contributed by atoms with Crippen LogP contribution in [-0.4, -0.2) is 37.0 Å². The van der Waals surface area contributed by atoms with E-state index in [2.05, 4.69) is 160 Å². The van der Waals surface area contributed by atoms with Gasteiger partial charge in [0.15, 0.2) is 0 Å². The van der Waals surface area contributed by atoms with E-state index in [1.807, 2.05) is 0 Å². The lowest BCUT2D eigenvalue weighted by molar-refractivity contribution is -0.154. The first-order valence-electron chi connectivity index (χ1n) is 23.4. The number of ether oxygens (including phenoxy) is 2. The Morgan fingerprint density at radius 2 is 0.712 bits per heavy atom. The molecule has 0 spiro atoms. The summed E-state index contributed by atoms with van der Waals surface area (Å²) in [6.45, 7) is 5.02. The number of allylic oxidation sites excluding steroid dienone is 24. The topological polar surface area (TPSA) is 55.8 Å². The Hall–Kier alpha value is -3.73. The SMILES string of the molecule is CC/C=C\C/C=C\C/C=C\C/C=C\C/C=C\C/C=C\CCCCCCCOCC(CO)OC(=O)CCCCCC/C=C\C/C=C\C/C=C\C/C=C\C/C=C\C/C=C\CC. The summed E-state index contributed by atoms with van der Waals surface area (Å²) in [6, 6.07) is 0. The maximum atomic E-state index is 12.2. The van der Waals surface area contributed by atoms with E-state index in [0.29, 0.717) is 13.0 Å². The fourth-order valence-electron chi connectivity index (χ4n) is 5.74. The van der Waals surface area contributed by atoms with Crippen molar-refractivity contribution < 1.29 is 19.4 Å². The molecule has 330 valence electrons. The summed E-state index contributed by atoms with van der Waals surface area (Å²) in [5.74, 6) is -0.239. The van der Waals surface area contributed by atoms with E-state index in [1.54, 1.807) is 0 Å². The average Bonchev–Trinajstić information content (AvgIpc) is 3.24. The Labute approximate surface area is 363 Å². The molecule has 4 heteroatoms. The largest absolute Gasteiger partial charge is 0.457 e. The van der Waals surface area contributed by atoms with E-state index in [9.17, 15) is 9.90 Å².